The Kier molecular flexibility index (Phi) is 13.2. The fourth-order valence-corrected chi connectivity index (χ4v) is 10.0. The van der Waals surface area contributed by atoms with Crippen molar-refractivity contribution in [3.05, 3.63) is 59.1 Å². The van der Waals surface area contributed by atoms with Gasteiger partial charge in [-0.2, -0.15) is 13.2 Å². The Labute approximate surface area is 373 Å². The summed E-state index contributed by atoms with van der Waals surface area (Å²) >= 11 is 1.34. The zero-order valence-corrected chi connectivity index (χ0v) is 37.7. The zero-order chi connectivity index (χ0) is 47.4. The average molecular weight is 1000 g/mol. The van der Waals surface area contributed by atoms with Crippen molar-refractivity contribution in [2.24, 2.45) is 23.7 Å². The van der Waals surface area contributed by atoms with Crippen molar-refractivity contribution in [1.82, 2.24) is 48.1 Å². The minimum Gasteiger partial charge on any atom is -0.355 e. The van der Waals surface area contributed by atoms with E-state index >= 15 is 0 Å². The standard InChI is InChI=1S/C18H19F5N6O2S2.C18H20F4N6O2S2/c1-10-7-28(8-11(17(10,19)20)5-26-33(2,30)31)14-3-4-24-15(27-14)12-6-25-16-29(12)9-13(32-16)18(21,22)23;1-10-7-27(8-11(18(10,21)22)5-25-32(2,29)30)14-3-4-23-16(26-14)12-6-24-17-28(12)9-13(31-17)15(19)20/h3-4,6,9-11,26H,5,7-8H2,1-2H3;3-4,6,9-11,15,25H,5,7-8H2,1-2H3. The van der Waals surface area contributed by atoms with Gasteiger partial charge in [-0.3, -0.25) is 8.80 Å². The molecule has 0 radical (unpaired) electrons. The number of anilines is 2. The smallest absolute Gasteiger partial charge is 0.355 e. The van der Waals surface area contributed by atoms with Crippen molar-refractivity contribution in [2.45, 2.75) is 38.3 Å². The minimum absolute atomic E-state index is 0.00856. The third-order valence-electron chi connectivity index (χ3n) is 10.8. The van der Waals surface area contributed by atoms with Gasteiger partial charge < -0.3 is 9.80 Å². The van der Waals surface area contributed by atoms with Crippen LogP contribution >= 0.6 is 22.7 Å². The van der Waals surface area contributed by atoms with Crippen molar-refractivity contribution < 1.29 is 56.3 Å². The maximum absolute atomic E-state index is 14.7. The van der Waals surface area contributed by atoms with Gasteiger partial charge in [0.1, 0.15) is 27.9 Å². The lowest BCUT2D eigenvalue weighted by Gasteiger charge is -2.43. The predicted octanol–water partition coefficient (Wildman–Crippen LogP) is 6.18. The topological polar surface area (TPSA) is 185 Å². The third kappa shape index (κ3) is 10.6. The second kappa shape index (κ2) is 17.8. The number of nitrogens with one attached hydrogen (secondary N) is 2. The fourth-order valence-electron chi connectivity index (χ4n) is 7.36. The number of fused-ring (bicyclic) bond motifs is 2. The van der Waals surface area contributed by atoms with Crippen LogP contribution in [0.3, 0.4) is 0 Å². The number of hydrogen-bond donors (Lipinski definition) is 2. The molecule has 354 valence electrons. The normalized spacial score (nSPS) is 21.6. The molecule has 2 N–H and O–H groups in total. The van der Waals surface area contributed by atoms with Crippen LogP contribution in [0.4, 0.5) is 51.1 Å². The van der Waals surface area contributed by atoms with Crippen LogP contribution in [0, 0.1) is 23.7 Å². The Morgan fingerprint density at radius 1 is 0.708 bits per heavy atom. The van der Waals surface area contributed by atoms with E-state index in [1.54, 1.807) is 15.9 Å². The Morgan fingerprint density at radius 3 is 1.55 bits per heavy atom. The third-order valence-corrected chi connectivity index (χ3v) is 14.2. The Hall–Kier alpha value is -4.71. The Balaban J connectivity index is 0.000000194. The molecule has 29 heteroatoms. The van der Waals surface area contributed by atoms with Gasteiger partial charge in [-0.25, -0.2) is 82.5 Å². The average Bonchev–Trinajstić information content (AvgIpc) is 4.01. The molecular weight excluding hydrogens is 964 g/mol. The van der Waals surface area contributed by atoms with Gasteiger partial charge in [0, 0.05) is 75.9 Å². The molecule has 0 aliphatic carbocycles. The second-order valence-electron chi connectivity index (χ2n) is 15.7. The van der Waals surface area contributed by atoms with E-state index in [9.17, 15) is 56.3 Å². The van der Waals surface area contributed by atoms with Crippen LogP contribution in [0.15, 0.2) is 49.3 Å². The first-order valence-electron chi connectivity index (χ1n) is 19.3. The van der Waals surface area contributed by atoms with Gasteiger partial charge >= 0.3 is 6.18 Å². The van der Waals surface area contributed by atoms with E-state index in [1.807, 2.05) is 0 Å². The van der Waals surface area contributed by atoms with Crippen LogP contribution in [0.25, 0.3) is 33.0 Å². The van der Waals surface area contributed by atoms with Gasteiger partial charge in [0.15, 0.2) is 21.6 Å². The summed E-state index contributed by atoms with van der Waals surface area (Å²) in [7, 11) is -7.28. The number of imidazole rings is 2. The largest absolute Gasteiger partial charge is 0.427 e. The van der Waals surface area contributed by atoms with E-state index in [0.29, 0.717) is 33.6 Å². The summed E-state index contributed by atoms with van der Waals surface area (Å²) in [4.78, 5) is 28.0. The van der Waals surface area contributed by atoms with Crippen LogP contribution in [0.2, 0.25) is 0 Å². The van der Waals surface area contributed by atoms with E-state index in [4.69, 9.17) is 0 Å². The van der Waals surface area contributed by atoms with E-state index in [-0.39, 0.29) is 53.4 Å². The summed E-state index contributed by atoms with van der Waals surface area (Å²) < 4.78 is 177. The number of aromatic nitrogens is 8. The minimum atomic E-state index is -4.52. The van der Waals surface area contributed by atoms with Crippen molar-refractivity contribution in [3.8, 4) is 23.0 Å². The molecule has 2 aliphatic rings. The molecule has 2 saturated heterocycles. The molecular formula is C36H39F9N12O4S4. The number of sulfonamides is 2. The first kappa shape index (κ1) is 48.2. The summed E-state index contributed by atoms with van der Waals surface area (Å²) in [6, 6.07) is 3.07. The molecule has 65 heavy (non-hydrogen) atoms. The molecule has 4 atom stereocenters. The quantitative estimate of drug-likeness (QED) is 0.141. The molecule has 0 amide bonds. The number of thiazole rings is 2. The maximum Gasteiger partial charge on any atom is 0.427 e. The van der Waals surface area contributed by atoms with Gasteiger partial charge in [-0.15, -0.1) is 0 Å². The molecule has 6 aromatic rings. The molecule has 8 rings (SSSR count). The van der Waals surface area contributed by atoms with Crippen molar-refractivity contribution >= 4 is 64.3 Å². The number of rotatable bonds is 11. The van der Waals surface area contributed by atoms with Gasteiger partial charge in [0.25, 0.3) is 18.3 Å². The number of hydrogen-bond acceptors (Lipinski definition) is 14. The lowest BCUT2D eigenvalue weighted by Crippen LogP contribution is -2.56. The summed E-state index contributed by atoms with van der Waals surface area (Å²) in [6.07, 6.45) is 2.51. The maximum atomic E-state index is 14.7. The van der Waals surface area contributed by atoms with Gasteiger partial charge in [-0.1, -0.05) is 36.5 Å². The first-order valence-corrected chi connectivity index (χ1v) is 24.7. The van der Waals surface area contributed by atoms with Gasteiger partial charge in [0.2, 0.25) is 20.0 Å². The lowest BCUT2D eigenvalue weighted by molar-refractivity contribution is -0.134. The van der Waals surface area contributed by atoms with E-state index in [0.717, 1.165) is 30.0 Å². The van der Waals surface area contributed by atoms with Gasteiger partial charge in [-0.05, 0) is 12.1 Å². The highest BCUT2D eigenvalue weighted by molar-refractivity contribution is 7.89. The summed E-state index contributed by atoms with van der Waals surface area (Å²) in [5.41, 5.74) is 0.625. The van der Waals surface area contributed by atoms with Gasteiger partial charge in [0.05, 0.1) is 41.6 Å². The fraction of sp³-hybridized carbons (Fsp3) is 0.500. The Bertz CT molecular complexity index is 2890. The molecule has 0 spiro atoms. The zero-order valence-electron chi connectivity index (χ0n) is 34.4. The molecule has 16 nitrogen and oxygen atoms in total. The summed E-state index contributed by atoms with van der Waals surface area (Å²) in [6.45, 7) is 1.60. The van der Waals surface area contributed by atoms with Crippen molar-refractivity contribution in [2.75, 3.05) is 61.6 Å². The lowest BCUT2D eigenvalue weighted by atomic mass is 9.86. The molecule has 2 aliphatic heterocycles. The number of halogens is 9. The first-order chi connectivity index (χ1) is 30.2. The van der Waals surface area contributed by atoms with Crippen LogP contribution in [0.1, 0.15) is 30.0 Å². The van der Waals surface area contributed by atoms with E-state index in [1.165, 1.54) is 59.7 Å². The number of alkyl halides is 9. The summed E-state index contributed by atoms with van der Waals surface area (Å²) in [5.74, 6) is -9.90. The number of nitrogens with zero attached hydrogens (tertiary/aromatic N) is 10. The van der Waals surface area contributed by atoms with Crippen LogP contribution in [0.5, 0.6) is 0 Å². The van der Waals surface area contributed by atoms with Crippen LogP contribution in [-0.4, -0.2) is 119 Å². The summed E-state index contributed by atoms with van der Waals surface area (Å²) in [5, 5.41) is 0. The molecule has 8 heterocycles. The molecule has 2 fully saturated rings. The molecule has 0 bridgehead atoms. The van der Waals surface area contributed by atoms with E-state index < -0.39 is 86.1 Å². The monoisotopic (exact) mass is 1000 g/mol. The Morgan fingerprint density at radius 2 is 1.14 bits per heavy atom. The molecule has 6 aromatic heterocycles. The number of piperidine rings is 2. The molecule has 0 aromatic carbocycles. The molecule has 0 saturated carbocycles. The highest BCUT2D eigenvalue weighted by Crippen LogP contribution is 2.41. The van der Waals surface area contributed by atoms with Crippen molar-refractivity contribution in [3.63, 3.8) is 0 Å². The van der Waals surface area contributed by atoms with Crippen LogP contribution < -0.4 is 19.2 Å². The van der Waals surface area contributed by atoms with Crippen molar-refractivity contribution in [1.29, 1.82) is 0 Å². The van der Waals surface area contributed by atoms with Crippen LogP contribution in [-0.2, 0) is 26.2 Å². The predicted molar refractivity (Wildman–Crippen MR) is 223 cm³/mol. The van der Waals surface area contributed by atoms with E-state index in [2.05, 4.69) is 39.3 Å². The highest BCUT2D eigenvalue weighted by Gasteiger charge is 2.51. The SMILES string of the molecule is CC1CN(c2ccnc(-c3cnc4sc(C(F)(F)F)cn34)n2)CC(CNS(C)(=O)=O)C1(F)F.CC1CN(c2ccnc(-c3cnc4sc(C(F)F)cn34)n2)CC(CNS(C)(=O)=O)C1(F)F. The highest BCUT2D eigenvalue weighted by atomic mass is 32.2. The second-order valence-corrected chi connectivity index (χ2v) is 21.4. The molecule has 4 unspecified atom stereocenters.